The number of aromatic nitrogens is 2. The van der Waals surface area contributed by atoms with E-state index in [9.17, 15) is 23.2 Å². The smallest absolute Gasteiger partial charge is 0.257 e. The average Bonchev–Trinajstić information content (AvgIpc) is 3.19. The number of nitrogens with zero attached hydrogens (tertiary/aromatic N) is 3. The number of carbonyl (C=O) groups is 3. The Hall–Kier alpha value is -4.73. The molecule has 0 atom stereocenters. The van der Waals surface area contributed by atoms with Crippen molar-refractivity contribution < 1.29 is 32.6 Å². The molecule has 2 aromatic carbocycles. The molecule has 3 N–H and O–H groups in total. The van der Waals surface area contributed by atoms with E-state index in [2.05, 4.69) is 25.9 Å². The second-order valence-corrected chi connectivity index (χ2v) is 15.5. The molecule has 4 aromatic rings. The highest BCUT2D eigenvalue weighted by Gasteiger charge is 2.32. The van der Waals surface area contributed by atoms with Gasteiger partial charge in [-0.3, -0.25) is 14.4 Å². The van der Waals surface area contributed by atoms with Gasteiger partial charge in [0.1, 0.15) is 34.3 Å². The summed E-state index contributed by atoms with van der Waals surface area (Å²) in [6, 6.07) is 17.2. The number of hydrogen-bond donors (Lipinski definition) is 3. The van der Waals surface area contributed by atoms with E-state index >= 15 is 0 Å². The lowest BCUT2D eigenvalue weighted by atomic mass is 9.84. The van der Waals surface area contributed by atoms with Crippen LogP contribution in [0.4, 0.5) is 8.78 Å². The normalized spacial score (nSPS) is 16.2. The first-order chi connectivity index (χ1) is 27.2. The molecule has 0 spiro atoms. The Morgan fingerprint density at radius 3 is 1.64 bits per heavy atom. The highest BCUT2D eigenvalue weighted by Crippen LogP contribution is 2.31. The Labute approximate surface area is 334 Å². The third-order valence-corrected chi connectivity index (χ3v) is 11.4. The first-order valence-corrected chi connectivity index (χ1v) is 21.2. The summed E-state index contributed by atoms with van der Waals surface area (Å²) < 4.78 is 39.0. The number of halogens is 2. The first kappa shape index (κ1) is 40.9. The van der Waals surface area contributed by atoms with Crippen LogP contribution < -0.4 is 25.4 Å². The Morgan fingerprint density at radius 2 is 1.20 bits per heavy atom. The summed E-state index contributed by atoms with van der Waals surface area (Å²) in [5, 5.41) is 9.14. The molecule has 2 saturated heterocycles. The van der Waals surface area contributed by atoms with Crippen LogP contribution >= 0.6 is 23.5 Å². The third-order valence-electron chi connectivity index (χ3n) is 9.91. The summed E-state index contributed by atoms with van der Waals surface area (Å²) in [7, 11) is 0. The van der Waals surface area contributed by atoms with E-state index in [-0.39, 0.29) is 52.7 Å². The molecule has 0 radical (unpaired) electrons. The number of amides is 3. The molecule has 296 valence electrons. The quantitative estimate of drug-likeness (QED) is 0.131. The zero-order valence-electron chi connectivity index (χ0n) is 31.4. The Bertz CT molecular complexity index is 1990. The van der Waals surface area contributed by atoms with Crippen LogP contribution in [0.3, 0.4) is 0 Å². The Kier molecular flexibility index (Phi) is 14.6. The molecule has 3 amide bonds. The number of rotatable bonds is 11. The average molecular weight is 805 g/mol. The molecule has 1 saturated carbocycles. The summed E-state index contributed by atoms with van der Waals surface area (Å²) >= 11 is 3.16. The maximum absolute atomic E-state index is 13.9. The Morgan fingerprint density at radius 1 is 0.714 bits per heavy atom. The van der Waals surface area contributed by atoms with Gasteiger partial charge in [-0.2, -0.15) is 0 Å². The first-order valence-electron chi connectivity index (χ1n) is 18.7. The number of thioether (sulfide) groups is 2. The molecule has 1 aliphatic carbocycles. The number of nitrogens with one attached hydrogen (secondary N) is 3. The van der Waals surface area contributed by atoms with Gasteiger partial charge < -0.3 is 30.3 Å². The molecule has 0 bridgehead atoms. The maximum atomic E-state index is 13.9. The molecule has 2 aromatic heterocycles. The molecule has 3 aliphatic rings. The van der Waals surface area contributed by atoms with Crippen LogP contribution in [-0.2, 0) is 4.79 Å². The summed E-state index contributed by atoms with van der Waals surface area (Å²) in [5.74, 6) is -0.272. The number of ether oxygens (including phenoxy) is 2. The van der Waals surface area contributed by atoms with Crippen molar-refractivity contribution >= 4 is 41.2 Å². The molecular weight excluding hydrogens is 759 g/mol. The second kappa shape index (κ2) is 19.9. The van der Waals surface area contributed by atoms with Gasteiger partial charge in [0.25, 0.3) is 11.8 Å². The van der Waals surface area contributed by atoms with Crippen molar-refractivity contribution in [1.29, 1.82) is 0 Å². The fraction of sp³-hybridized carbons (Fsp3) is 0.390. The molecule has 56 heavy (non-hydrogen) atoms. The molecule has 3 fully saturated rings. The van der Waals surface area contributed by atoms with Gasteiger partial charge in [-0.25, -0.2) is 18.7 Å². The molecule has 2 aliphatic heterocycles. The van der Waals surface area contributed by atoms with E-state index in [0.29, 0.717) is 37.4 Å². The van der Waals surface area contributed by atoms with Gasteiger partial charge >= 0.3 is 0 Å². The van der Waals surface area contributed by atoms with Crippen LogP contribution in [0.15, 0.2) is 82.8 Å². The molecule has 4 heterocycles. The standard InChI is InChI=1S/C23H26FN3O3S.C18H20FN3O2S/c1-31-19-7-3-6-18(13-19)30-22-20(12-16(24)14-25-22)21(28)26-17-8-10-27(11-9-17)23(29)15-4-2-5-15;1-25-15-4-2-3-14(10-15)24-18-16(9-12(19)11-21-18)17(23)22-13-5-7-20-8-6-13/h3,6-7,12-15,17H,2,4-5,8-11H2,1H3,(H,26,28);2-4,9-11,13,20H,5-8H2,1H3,(H,22,23). The van der Waals surface area contributed by atoms with E-state index in [1.165, 1.54) is 0 Å². The van der Waals surface area contributed by atoms with Crippen LogP contribution in [0.5, 0.6) is 23.3 Å². The van der Waals surface area contributed by atoms with Crippen molar-refractivity contribution in [2.45, 2.75) is 66.8 Å². The van der Waals surface area contributed by atoms with Crippen molar-refractivity contribution in [3.8, 4) is 23.3 Å². The zero-order valence-corrected chi connectivity index (χ0v) is 33.0. The van der Waals surface area contributed by atoms with E-state index in [4.69, 9.17) is 9.47 Å². The number of benzene rings is 2. The molecule has 0 unspecified atom stereocenters. The minimum absolute atomic E-state index is 0.0579. The van der Waals surface area contributed by atoms with Gasteiger partial charge in [-0.05, 0) is 113 Å². The fourth-order valence-corrected chi connectivity index (χ4v) is 7.44. The minimum atomic E-state index is -0.601. The van der Waals surface area contributed by atoms with Crippen molar-refractivity contribution in [3.63, 3.8) is 0 Å². The second-order valence-electron chi connectivity index (χ2n) is 13.8. The summed E-state index contributed by atoms with van der Waals surface area (Å²) in [6.45, 7) is 2.98. The number of likely N-dealkylation sites (tertiary alicyclic amines) is 1. The van der Waals surface area contributed by atoms with Gasteiger partial charge in [0.15, 0.2) is 0 Å². The van der Waals surface area contributed by atoms with Gasteiger partial charge in [-0.1, -0.05) is 18.6 Å². The monoisotopic (exact) mass is 804 g/mol. The van der Waals surface area contributed by atoms with E-state index < -0.39 is 17.5 Å². The van der Waals surface area contributed by atoms with E-state index in [1.54, 1.807) is 35.7 Å². The van der Waals surface area contributed by atoms with Crippen LogP contribution in [0, 0.1) is 17.6 Å². The van der Waals surface area contributed by atoms with Crippen LogP contribution in [-0.4, -0.2) is 83.4 Å². The van der Waals surface area contributed by atoms with Crippen molar-refractivity contribution in [2.75, 3.05) is 38.7 Å². The number of pyridine rings is 2. The lowest BCUT2D eigenvalue weighted by Crippen LogP contribution is -2.48. The summed E-state index contributed by atoms with van der Waals surface area (Å²) in [6.07, 6.45) is 12.2. The van der Waals surface area contributed by atoms with Crippen LogP contribution in [0.2, 0.25) is 0 Å². The third kappa shape index (κ3) is 11.2. The predicted molar refractivity (Wildman–Crippen MR) is 213 cm³/mol. The number of carbonyl (C=O) groups excluding carboxylic acids is 3. The molecular formula is C41H46F2N6O5S2. The van der Waals surface area contributed by atoms with Crippen LogP contribution in [0.1, 0.15) is 65.7 Å². The summed E-state index contributed by atoms with van der Waals surface area (Å²) in [5.41, 5.74) is 0.163. The molecule has 15 heteroatoms. The van der Waals surface area contributed by atoms with Crippen molar-refractivity contribution in [2.24, 2.45) is 5.92 Å². The maximum Gasteiger partial charge on any atom is 0.257 e. The van der Waals surface area contributed by atoms with Gasteiger partial charge in [0.05, 0.1) is 12.4 Å². The lowest BCUT2D eigenvalue weighted by Gasteiger charge is -2.36. The largest absolute Gasteiger partial charge is 0.438 e. The van der Waals surface area contributed by atoms with E-state index in [1.807, 2.05) is 53.8 Å². The predicted octanol–water partition coefficient (Wildman–Crippen LogP) is 7.47. The fourth-order valence-electron chi connectivity index (χ4n) is 6.54. The number of piperidine rings is 2. The highest BCUT2D eigenvalue weighted by atomic mass is 32.2. The lowest BCUT2D eigenvalue weighted by molar-refractivity contribution is -0.139. The van der Waals surface area contributed by atoms with Crippen LogP contribution in [0.25, 0.3) is 0 Å². The SMILES string of the molecule is CSc1cccc(Oc2ncc(F)cc2C(=O)NC2CCN(C(=O)C3CCC3)CC2)c1.CSc1cccc(Oc2ncc(F)cc2C(=O)NC2CCNCC2)c1. The highest BCUT2D eigenvalue weighted by molar-refractivity contribution is 7.98. The summed E-state index contributed by atoms with van der Waals surface area (Å²) in [4.78, 5) is 49.8. The number of hydrogen-bond acceptors (Lipinski definition) is 10. The Balaban J connectivity index is 0.000000194. The molecule has 11 nitrogen and oxygen atoms in total. The van der Waals surface area contributed by atoms with Gasteiger partial charge in [0, 0.05) is 40.9 Å². The minimum Gasteiger partial charge on any atom is -0.438 e. The zero-order chi connectivity index (χ0) is 39.4. The topological polar surface area (TPSA) is 135 Å². The van der Waals surface area contributed by atoms with Gasteiger partial charge in [0.2, 0.25) is 17.7 Å². The van der Waals surface area contributed by atoms with Crippen molar-refractivity contribution in [1.82, 2.24) is 30.8 Å². The van der Waals surface area contributed by atoms with E-state index in [0.717, 1.165) is 79.5 Å². The molecule has 7 rings (SSSR count). The van der Waals surface area contributed by atoms with Gasteiger partial charge in [-0.15, -0.1) is 23.5 Å². The van der Waals surface area contributed by atoms with Crippen molar-refractivity contribution in [3.05, 3.63) is 95.8 Å².